The molecule has 2 heterocycles. The van der Waals surface area contributed by atoms with Crippen molar-refractivity contribution in [2.24, 2.45) is 11.1 Å². The summed E-state index contributed by atoms with van der Waals surface area (Å²) in [5, 5.41) is 3.82. The van der Waals surface area contributed by atoms with Gasteiger partial charge in [-0.15, -0.1) is 0 Å². The van der Waals surface area contributed by atoms with Crippen molar-refractivity contribution in [1.29, 1.82) is 0 Å². The average Bonchev–Trinajstić information content (AvgIpc) is 2.72. The highest BCUT2D eigenvalue weighted by Gasteiger charge is 2.17. The predicted octanol–water partition coefficient (Wildman–Crippen LogP) is 2.27. The van der Waals surface area contributed by atoms with E-state index in [-0.39, 0.29) is 0 Å². The van der Waals surface area contributed by atoms with Gasteiger partial charge in [-0.25, -0.2) is 9.97 Å². The molecule has 0 spiro atoms. The van der Waals surface area contributed by atoms with Crippen LogP contribution in [0.5, 0.6) is 0 Å². The number of nitrogens with two attached hydrogens (primary N) is 1. The van der Waals surface area contributed by atoms with Gasteiger partial charge in [-0.3, -0.25) is 0 Å². The van der Waals surface area contributed by atoms with E-state index in [0.29, 0.717) is 11.7 Å². The Morgan fingerprint density at radius 2 is 2.05 bits per heavy atom. The smallest absolute Gasteiger partial charge is 0.155 e. The lowest BCUT2D eigenvalue weighted by atomic mass is 10.1. The molecule has 0 aliphatic rings. The number of anilines is 1. The van der Waals surface area contributed by atoms with Crippen LogP contribution in [0.4, 0.5) is 5.82 Å². The van der Waals surface area contributed by atoms with Crippen LogP contribution in [0.2, 0.25) is 0 Å². The molecule has 0 aromatic carbocycles. The number of hydrogen-bond donors (Lipinski definition) is 1. The topological polar surface area (TPSA) is 78.3 Å². The van der Waals surface area contributed by atoms with Crippen molar-refractivity contribution in [3.05, 3.63) is 17.1 Å². The molecule has 2 rings (SSSR count). The molecule has 0 amide bonds. The lowest BCUT2D eigenvalue weighted by Crippen LogP contribution is -2.09. The first kappa shape index (κ1) is 14.3. The van der Waals surface area contributed by atoms with Gasteiger partial charge in [0.05, 0.1) is 5.52 Å². The molecule has 2 N–H and O–H groups in total. The van der Waals surface area contributed by atoms with Crippen molar-refractivity contribution < 1.29 is 4.84 Å². The van der Waals surface area contributed by atoms with Crippen LogP contribution in [0.1, 0.15) is 30.9 Å². The molecule has 20 heavy (non-hydrogen) atoms. The standard InChI is InChI=1S/C14H21N5O/c1-8(2)7-19-11(6-16-20-5)18-12-13(19)9(3)10(4)17-14(12)15/h6,8H,7H2,1-5H3,(H2,15,17)/b16-6+. The highest BCUT2D eigenvalue weighted by Crippen LogP contribution is 2.26. The fourth-order valence-corrected chi connectivity index (χ4v) is 2.27. The zero-order valence-electron chi connectivity index (χ0n) is 12.6. The van der Waals surface area contributed by atoms with Crippen LogP contribution in [0.15, 0.2) is 5.16 Å². The number of imidazole rings is 1. The average molecular weight is 275 g/mol. The largest absolute Gasteiger partial charge is 0.399 e. The number of pyridine rings is 1. The lowest BCUT2D eigenvalue weighted by molar-refractivity contribution is 0.215. The van der Waals surface area contributed by atoms with Gasteiger partial charge < -0.3 is 15.1 Å². The maximum Gasteiger partial charge on any atom is 0.155 e. The van der Waals surface area contributed by atoms with Gasteiger partial charge in [0.15, 0.2) is 11.6 Å². The van der Waals surface area contributed by atoms with E-state index in [1.54, 1.807) is 6.21 Å². The molecule has 6 nitrogen and oxygen atoms in total. The van der Waals surface area contributed by atoms with Crippen molar-refractivity contribution in [3.63, 3.8) is 0 Å². The number of nitrogens with zero attached hydrogens (tertiary/aromatic N) is 4. The minimum absolute atomic E-state index is 0.456. The molecular weight excluding hydrogens is 254 g/mol. The molecule has 2 aromatic rings. The second-order valence-corrected chi connectivity index (χ2v) is 5.30. The van der Waals surface area contributed by atoms with Gasteiger partial charge in [0.2, 0.25) is 0 Å². The number of rotatable bonds is 4. The molecule has 0 unspecified atom stereocenters. The Balaban J connectivity index is 2.76. The van der Waals surface area contributed by atoms with E-state index < -0.39 is 0 Å². The van der Waals surface area contributed by atoms with E-state index in [4.69, 9.17) is 10.6 Å². The third-order valence-corrected chi connectivity index (χ3v) is 3.25. The number of nitrogen functional groups attached to an aromatic ring is 1. The number of aryl methyl sites for hydroxylation is 2. The van der Waals surface area contributed by atoms with E-state index in [9.17, 15) is 0 Å². The summed E-state index contributed by atoms with van der Waals surface area (Å²) < 4.78 is 2.13. The summed E-state index contributed by atoms with van der Waals surface area (Å²) in [6.45, 7) is 9.16. The zero-order valence-corrected chi connectivity index (χ0v) is 12.6. The quantitative estimate of drug-likeness (QED) is 0.685. The molecule has 0 aliphatic carbocycles. The van der Waals surface area contributed by atoms with Crippen LogP contribution in [-0.2, 0) is 11.4 Å². The Labute approximate surface area is 118 Å². The van der Waals surface area contributed by atoms with Gasteiger partial charge in [0.25, 0.3) is 0 Å². The van der Waals surface area contributed by atoms with Crippen LogP contribution in [0, 0.1) is 19.8 Å². The van der Waals surface area contributed by atoms with E-state index in [2.05, 4.69) is 33.5 Å². The van der Waals surface area contributed by atoms with Crippen molar-refractivity contribution in [1.82, 2.24) is 14.5 Å². The maximum absolute atomic E-state index is 6.00. The summed E-state index contributed by atoms with van der Waals surface area (Å²) in [7, 11) is 1.51. The monoisotopic (exact) mass is 275 g/mol. The van der Waals surface area contributed by atoms with Crippen molar-refractivity contribution in [3.8, 4) is 0 Å². The Bertz CT molecular complexity index is 657. The Hall–Kier alpha value is -2.11. The van der Waals surface area contributed by atoms with Crippen molar-refractivity contribution in [2.45, 2.75) is 34.2 Å². The third kappa shape index (κ3) is 2.45. The molecule has 0 atom stereocenters. The van der Waals surface area contributed by atoms with Crippen LogP contribution < -0.4 is 5.73 Å². The summed E-state index contributed by atoms with van der Waals surface area (Å²) in [6.07, 6.45) is 1.61. The molecule has 6 heteroatoms. The zero-order chi connectivity index (χ0) is 14.9. The van der Waals surface area contributed by atoms with Gasteiger partial charge in [-0.1, -0.05) is 19.0 Å². The Kier molecular flexibility index (Phi) is 3.92. The second-order valence-electron chi connectivity index (χ2n) is 5.30. The molecule has 0 bridgehead atoms. The molecular formula is C14H21N5O. The maximum atomic E-state index is 6.00. The third-order valence-electron chi connectivity index (χ3n) is 3.25. The van der Waals surface area contributed by atoms with E-state index in [1.807, 2.05) is 13.8 Å². The van der Waals surface area contributed by atoms with Gasteiger partial charge in [0.1, 0.15) is 18.8 Å². The molecule has 0 aliphatic heterocycles. The molecule has 0 saturated carbocycles. The van der Waals surface area contributed by atoms with Crippen LogP contribution in [0.3, 0.4) is 0 Å². The predicted molar refractivity (Wildman–Crippen MR) is 80.9 cm³/mol. The number of hydrogen-bond acceptors (Lipinski definition) is 5. The second kappa shape index (κ2) is 5.48. The van der Waals surface area contributed by atoms with E-state index in [1.165, 1.54) is 7.11 Å². The first-order valence-electron chi connectivity index (χ1n) is 6.65. The van der Waals surface area contributed by atoms with Gasteiger partial charge >= 0.3 is 0 Å². The summed E-state index contributed by atoms with van der Waals surface area (Å²) >= 11 is 0. The SMILES string of the molecule is CO/N=C/c1nc2c(N)nc(C)c(C)c2n1CC(C)C. The van der Waals surface area contributed by atoms with E-state index in [0.717, 1.165) is 34.7 Å². The summed E-state index contributed by atoms with van der Waals surface area (Å²) in [5.41, 5.74) is 9.78. The molecule has 0 fully saturated rings. The first-order chi connectivity index (χ1) is 9.45. The van der Waals surface area contributed by atoms with Gasteiger partial charge in [-0.2, -0.15) is 0 Å². The lowest BCUT2D eigenvalue weighted by Gasteiger charge is -2.12. The number of fused-ring (bicyclic) bond motifs is 1. The normalized spacial score (nSPS) is 11.9. The van der Waals surface area contributed by atoms with Crippen molar-refractivity contribution in [2.75, 3.05) is 12.8 Å². The van der Waals surface area contributed by atoms with Crippen LogP contribution >= 0.6 is 0 Å². The summed E-state index contributed by atoms with van der Waals surface area (Å²) in [6, 6.07) is 0. The molecule has 0 radical (unpaired) electrons. The number of oxime groups is 1. The minimum Gasteiger partial charge on any atom is -0.399 e. The fourth-order valence-electron chi connectivity index (χ4n) is 2.27. The highest BCUT2D eigenvalue weighted by atomic mass is 16.6. The summed E-state index contributed by atoms with van der Waals surface area (Å²) in [4.78, 5) is 13.6. The molecule has 108 valence electrons. The number of aromatic nitrogens is 3. The first-order valence-corrected chi connectivity index (χ1v) is 6.65. The van der Waals surface area contributed by atoms with E-state index >= 15 is 0 Å². The molecule has 0 saturated heterocycles. The van der Waals surface area contributed by atoms with Gasteiger partial charge in [0, 0.05) is 12.2 Å². The Morgan fingerprint density at radius 3 is 2.65 bits per heavy atom. The highest BCUT2D eigenvalue weighted by molar-refractivity contribution is 5.92. The van der Waals surface area contributed by atoms with Crippen LogP contribution in [-0.4, -0.2) is 27.9 Å². The fraction of sp³-hybridized carbons (Fsp3) is 0.500. The molecule has 2 aromatic heterocycles. The summed E-state index contributed by atoms with van der Waals surface area (Å²) in [5.74, 6) is 1.67. The van der Waals surface area contributed by atoms with Gasteiger partial charge in [-0.05, 0) is 25.3 Å². The Morgan fingerprint density at radius 1 is 1.35 bits per heavy atom. The van der Waals surface area contributed by atoms with Crippen LogP contribution in [0.25, 0.3) is 11.0 Å². The minimum atomic E-state index is 0.456. The van der Waals surface area contributed by atoms with Crippen molar-refractivity contribution >= 4 is 23.1 Å².